The Bertz CT molecular complexity index is 749. The van der Waals surface area contributed by atoms with Crippen LogP contribution >= 0.6 is 23.2 Å². The molecule has 1 aliphatic heterocycles. The smallest absolute Gasteiger partial charge is 0.251 e. The monoisotopic (exact) mass is 379 g/mol. The number of carbonyl (C=O) groups is 1. The lowest BCUT2D eigenvalue weighted by atomic mass is 10.0. The molecule has 2 heterocycles. The molecule has 7 heteroatoms. The number of piperidine rings is 1. The molecular weight excluding hydrogens is 361 g/mol. The molecular formula is C18H19Cl2N3O2. The molecule has 132 valence electrons. The van der Waals surface area contributed by atoms with Crippen molar-refractivity contribution in [2.24, 2.45) is 0 Å². The van der Waals surface area contributed by atoms with Gasteiger partial charge in [-0.2, -0.15) is 0 Å². The SMILES string of the molecule is COc1ccccc1N1CCCC(NC(=O)c2cc(Cl)nc(Cl)c2)C1. The van der Waals surface area contributed by atoms with E-state index >= 15 is 0 Å². The van der Waals surface area contributed by atoms with Crippen LogP contribution in [0.15, 0.2) is 36.4 Å². The first-order valence-electron chi connectivity index (χ1n) is 8.08. The van der Waals surface area contributed by atoms with Crippen molar-refractivity contribution in [3.8, 4) is 5.75 Å². The number of hydrogen-bond acceptors (Lipinski definition) is 4. The van der Waals surface area contributed by atoms with Gasteiger partial charge in [0.25, 0.3) is 5.91 Å². The Kier molecular flexibility index (Phi) is 5.66. The summed E-state index contributed by atoms with van der Waals surface area (Å²) in [6.45, 7) is 1.65. The van der Waals surface area contributed by atoms with Gasteiger partial charge in [0.15, 0.2) is 0 Å². The topological polar surface area (TPSA) is 54.5 Å². The average Bonchev–Trinajstić information content (AvgIpc) is 2.61. The fourth-order valence-corrected chi connectivity index (χ4v) is 3.53. The van der Waals surface area contributed by atoms with Crippen LogP contribution in [-0.4, -0.2) is 37.1 Å². The Morgan fingerprint density at radius 2 is 2.00 bits per heavy atom. The van der Waals surface area contributed by atoms with Crippen molar-refractivity contribution in [3.05, 3.63) is 52.3 Å². The zero-order valence-electron chi connectivity index (χ0n) is 13.8. The van der Waals surface area contributed by atoms with Gasteiger partial charge < -0.3 is 15.0 Å². The molecule has 25 heavy (non-hydrogen) atoms. The normalized spacial score (nSPS) is 17.2. The third-order valence-corrected chi connectivity index (χ3v) is 4.59. The molecule has 0 aliphatic carbocycles. The standard InChI is InChI=1S/C18H19Cl2N3O2/c1-25-15-7-3-2-6-14(15)23-8-4-5-13(11-23)21-18(24)12-9-16(19)22-17(20)10-12/h2-3,6-7,9-10,13H,4-5,8,11H2,1H3,(H,21,24). The third-order valence-electron chi connectivity index (χ3n) is 4.21. The summed E-state index contributed by atoms with van der Waals surface area (Å²) in [7, 11) is 1.67. The van der Waals surface area contributed by atoms with Crippen molar-refractivity contribution in [1.82, 2.24) is 10.3 Å². The van der Waals surface area contributed by atoms with E-state index in [1.807, 2.05) is 24.3 Å². The van der Waals surface area contributed by atoms with Crippen molar-refractivity contribution in [3.63, 3.8) is 0 Å². The molecule has 0 radical (unpaired) electrons. The lowest BCUT2D eigenvalue weighted by Gasteiger charge is -2.35. The minimum Gasteiger partial charge on any atom is -0.495 e. The molecule has 1 fully saturated rings. The molecule has 1 amide bonds. The molecule has 1 saturated heterocycles. The van der Waals surface area contributed by atoms with Crippen LogP contribution in [0, 0.1) is 0 Å². The second-order valence-corrected chi connectivity index (χ2v) is 6.71. The Balaban J connectivity index is 1.70. The summed E-state index contributed by atoms with van der Waals surface area (Å²) in [5.41, 5.74) is 1.46. The van der Waals surface area contributed by atoms with Crippen LogP contribution in [0.3, 0.4) is 0 Å². The number of rotatable bonds is 4. The predicted octanol–water partition coefficient (Wildman–Crippen LogP) is 3.80. The van der Waals surface area contributed by atoms with E-state index in [1.54, 1.807) is 7.11 Å². The number of carbonyl (C=O) groups excluding carboxylic acids is 1. The van der Waals surface area contributed by atoms with E-state index in [0.717, 1.165) is 37.4 Å². The number of nitrogens with zero attached hydrogens (tertiary/aromatic N) is 2. The van der Waals surface area contributed by atoms with E-state index in [-0.39, 0.29) is 22.3 Å². The molecule has 1 aliphatic rings. The molecule has 3 rings (SSSR count). The number of methoxy groups -OCH3 is 1. The van der Waals surface area contributed by atoms with Gasteiger partial charge in [0, 0.05) is 24.7 Å². The average molecular weight is 380 g/mol. The lowest BCUT2D eigenvalue weighted by molar-refractivity contribution is 0.0933. The number of nitrogens with one attached hydrogen (secondary N) is 1. The van der Waals surface area contributed by atoms with Gasteiger partial charge in [-0.05, 0) is 37.1 Å². The number of para-hydroxylation sites is 2. The number of amides is 1. The summed E-state index contributed by atoms with van der Waals surface area (Å²) in [6.07, 6.45) is 1.91. The first-order valence-corrected chi connectivity index (χ1v) is 8.84. The summed E-state index contributed by atoms with van der Waals surface area (Å²) in [4.78, 5) is 18.6. The molecule has 0 spiro atoms. The maximum absolute atomic E-state index is 12.5. The zero-order chi connectivity index (χ0) is 17.8. The quantitative estimate of drug-likeness (QED) is 0.820. The molecule has 1 atom stereocenters. The first-order chi connectivity index (χ1) is 12.1. The maximum atomic E-state index is 12.5. The van der Waals surface area contributed by atoms with Crippen LogP contribution in [0.25, 0.3) is 0 Å². The fraction of sp³-hybridized carbons (Fsp3) is 0.333. The van der Waals surface area contributed by atoms with Crippen molar-refractivity contribution in [2.75, 3.05) is 25.1 Å². The summed E-state index contributed by atoms with van der Waals surface area (Å²) in [5, 5.41) is 3.47. The van der Waals surface area contributed by atoms with Crippen molar-refractivity contribution >= 4 is 34.8 Å². The molecule has 5 nitrogen and oxygen atoms in total. The molecule has 0 saturated carbocycles. The molecule has 2 aromatic rings. The second-order valence-electron chi connectivity index (χ2n) is 5.93. The van der Waals surface area contributed by atoms with Crippen LogP contribution in [0.2, 0.25) is 10.3 Å². The fourth-order valence-electron chi connectivity index (χ4n) is 3.07. The van der Waals surface area contributed by atoms with Gasteiger partial charge in [0.1, 0.15) is 16.1 Å². The molecule has 0 bridgehead atoms. The highest BCUT2D eigenvalue weighted by Crippen LogP contribution is 2.30. The number of hydrogen-bond donors (Lipinski definition) is 1. The van der Waals surface area contributed by atoms with E-state index in [2.05, 4.69) is 15.2 Å². The molecule has 1 N–H and O–H groups in total. The minimum absolute atomic E-state index is 0.0388. The van der Waals surface area contributed by atoms with Gasteiger partial charge in [-0.25, -0.2) is 4.98 Å². The van der Waals surface area contributed by atoms with Gasteiger partial charge >= 0.3 is 0 Å². The summed E-state index contributed by atoms with van der Waals surface area (Å²) in [6, 6.07) is 11.0. The number of anilines is 1. The van der Waals surface area contributed by atoms with Gasteiger partial charge in [0.05, 0.1) is 12.8 Å². The van der Waals surface area contributed by atoms with Gasteiger partial charge in [-0.1, -0.05) is 35.3 Å². The molecule has 1 aromatic heterocycles. The van der Waals surface area contributed by atoms with E-state index in [4.69, 9.17) is 27.9 Å². The number of aromatic nitrogens is 1. The molecule has 1 unspecified atom stereocenters. The summed E-state index contributed by atoms with van der Waals surface area (Å²) < 4.78 is 5.45. The Hall–Kier alpha value is -1.98. The summed E-state index contributed by atoms with van der Waals surface area (Å²) in [5.74, 6) is 0.639. The Morgan fingerprint density at radius 3 is 2.72 bits per heavy atom. The van der Waals surface area contributed by atoms with Gasteiger partial charge in [-0.15, -0.1) is 0 Å². The van der Waals surface area contributed by atoms with Crippen molar-refractivity contribution in [1.29, 1.82) is 0 Å². The number of ether oxygens (including phenoxy) is 1. The van der Waals surface area contributed by atoms with Crippen LogP contribution < -0.4 is 15.0 Å². The highest BCUT2D eigenvalue weighted by molar-refractivity contribution is 6.33. The minimum atomic E-state index is -0.196. The van der Waals surface area contributed by atoms with Crippen LogP contribution in [0.1, 0.15) is 23.2 Å². The number of halogens is 2. The van der Waals surface area contributed by atoms with Gasteiger partial charge in [-0.3, -0.25) is 4.79 Å². The maximum Gasteiger partial charge on any atom is 0.251 e. The van der Waals surface area contributed by atoms with Crippen LogP contribution in [-0.2, 0) is 0 Å². The highest BCUT2D eigenvalue weighted by atomic mass is 35.5. The van der Waals surface area contributed by atoms with E-state index in [1.165, 1.54) is 12.1 Å². The van der Waals surface area contributed by atoms with E-state index in [0.29, 0.717) is 5.56 Å². The van der Waals surface area contributed by atoms with E-state index in [9.17, 15) is 4.79 Å². The van der Waals surface area contributed by atoms with E-state index < -0.39 is 0 Å². The van der Waals surface area contributed by atoms with Gasteiger partial charge in [0.2, 0.25) is 0 Å². The van der Waals surface area contributed by atoms with Crippen LogP contribution in [0.5, 0.6) is 5.75 Å². The van der Waals surface area contributed by atoms with Crippen molar-refractivity contribution in [2.45, 2.75) is 18.9 Å². The summed E-state index contributed by atoms with van der Waals surface area (Å²) >= 11 is 11.8. The lowest BCUT2D eigenvalue weighted by Crippen LogP contribution is -2.47. The Labute approximate surface area is 156 Å². The number of benzene rings is 1. The first kappa shape index (κ1) is 17.8. The zero-order valence-corrected chi connectivity index (χ0v) is 15.3. The predicted molar refractivity (Wildman–Crippen MR) is 100.0 cm³/mol. The largest absolute Gasteiger partial charge is 0.495 e. The van der Waals surface area contributed by atoms with Crippen molar-refractivity contribution < 1.29 is 9.53 Å². The highest BCUT2D eigenvalue weighted by Gasteiger charge is 2.24. The Morgan fingerprint density at radius 1 is 1.28 bits per heavy atom. The number of pyridine rings is 1. The molecule has 1 aromatic carbocycles. The third kappa shape index (κ3) is 4.35. The van der Waals surface area contributed by atoms with Crippen LogP contribution in [0.4, 0.5) is 5.69 Å². The second kappa shape index (κ2) is 7.93.